The van der Waals surface area contributed by atoms with Crippen molar-refractivity contribution in [3.8, 4) is 0 Å². The first-order valence-corrected chi connectivity index (χ1v) is 17.3. The Balaban J connectivity index is 1.01. The summed E-state index contributed by atoms with van der Waals surface area (Å²) in [4.78, 5) is 25.0. The Labute approximate surface area is 274 Å². The monoisotopic (exact) mass is 666 g/mol. The normalized spacial score (nSPS) is 54.6. The van der Waals surface area contributed by atoms with E-state index >= 15 is 0 Å². The highest BCUT2D eigenvalue weighted by molar-refractivity contribution is 5.85. The Kier molecular flexibility index (Phi) is 8.72. The minimum absolute atomic E-state index is 0.0370. The number of carbonyl (C=O) groups is 2. The number of aliphatic hydroxyl groups excluding tert-OH is 4. The van der Waals surface area contributed by atoms with Gasteiger partial charge < -0.3 is 59.1 Å². The van der Waals surface area contributed by atoms with Crippen LogP contribution >= 0.6 is 0 Å². The highest BCUT2D eigenvalue weighted by Crippen LogP contribution is 2.70. The third-order valence-corrected chi connectivity index (χ3v) is 13.6. The van der Waals surface area contributed by atoms with Crippen LogP contribution in [0.2, 0.25) is 0 Å². The molecule has 7 rings (SSSR count). The third kappa shape index (κ3) is 5.18. The quantitative estimate of drug-likeness (QED) is 0.128. The molecule has 13 heteroatoms. The molecular weight excluding hydrogens is 616 g/mol. The fraction of sp³-hybridized carbons (Fsp3) is 0.882. The van der Waals surface area contributed by atoms with Gasteiger partial charge in [-0.3, -0.25) is 0 Å². The second-order valence-electron chi connectivity index (χ2n) is 15.7. The first-order valence-electron chi connectivity index (χ1n) is 17.3. The van der Waals surface area contributed by atoms with Crippen LogP contribution in [0.4, 0.5) is 0 Å². The maximum absolute atomic E-state index is 13.1. The Morgan fingerprint density at radius 2 is 1.70 bits per heavy atom. The van der Waals surface area contributed by atoms with Crippen molar-refractivity contribution in [3.63, 3.8) is 0 Å². The molecule has 2 saturated heterocycles. The predicted molar refractivity (Wildman–Crippen MR) is 160 cm³/mol. The van der Waals surface area contributed by atoms with E-state index in [2.05, 4.69) is 6.92 Å². The van der Waals surface area contributed by atoms with Crippen LogP contribution in [0.5, 0.6) is 0 Å². The van der Waals surface area contributed by atoms with E-state index in [1.165, 1.54) is 0 Å². The number of carbonyl (C=O) groups excluding carboxylic acids is 2. The van der Waals surface area contributed by atoms with Crippen molar-refractivity contribution in [1.29, 1.82) is 0 Å². The van der Waals surface area contributed by atoms with Gasteiger partial charge in [-0.25, -0.2) is 4.79 Å². The van der Waals surface area contributed by atoms with Crippen LogP contribution in [0.25, 0.3) is 0 Å². The van der Waals surface area contributed by atoms with Crippen molar-refractivity contribution in [2.75, 3.05) is 13.2 Å². The average Bonchev–Trinajstić information content (AvgIpc) is 3.57. The van der Waals surface area contributed by atoms with E-state index in [0.717, 1.165) is 18.3 Å². The number of cyclic esters (lactones) is 1. The number of hydrogen-bond donors (Lipinski definition) is 6. The molecule has 0 aromatic heterocycles. The number of esters is 1. The summed E-state index contributed by atoms with van der Waals surface area (Å²) in [7, 11) is 0. The van der Waals surface area contributed by atoms with Crippen LogP contribution in [-0.2, 0) is 33.3 Å². The Morgan fingerprint density at radius 1 is 0.936 bits per heavy atom. The minimum atomic E-state index is -1.50. The zero-order chi connectivity index (χ0) is 33.5. The molecule has 3 heterocycles. The maximum atomic E-state index is 13.1. The van der Waals surface area contributed by atoms with E-state index in [1.54, 1.807) is 13.0 Å². The Hall–Kier alpha value is -1.52. The smallest absolute Gasteiger partial charge is 0.331 e. The lowest BCUT2D eigenvalue weighted by Gasteiger charge is -2.65. The largest absolute Gasteiger partial charge is 0.458 e. The standard InChI is InChI=1S/C34H50O13/c1-17-29(47-30-28(40)27(39)24(37)15-44-30)23(36)12-26(45-17)46-19-3-8-32(16-35)21-4-7-31(2)20(18-11-25(38)43-14-18)6-10-34(31,42)22(21)5-9-33(32,41)13-19/h11,16-17,19-24,26-30,36-37,39-42H,3-10,12-15H2,1-2H3/t17?,19?,20-,21?,22?,23?,24-,26-,27?,28?,29-,30-,31+,32-,33?,34?/m0/s1. The summed E-state index contributed by atoms with van der Waals surface area (Å²) in [5.74, 6) is -0.635. The SMILES string of the molecule is CC1O[C@@H](OC2CC[C@]3(C=O)C4CC[C@]5(C)[C@H](C6=CC(=O)OC6)CCC5(O)C4CCC3(O)C2)CC(O)[C@H]1O[C@@H]1OC[C@H](O)C(O)C1O. The Bertz CT molecular complexity index is 1250. The second-order valence-corrected chi connectivity index (χ2v) is 15.7. The summed E-state index contributed by atoms with van der Waals surface area (Å²) in [5, 5.41) is 65.7. The first kappa shape index (κ1) is 34.0. The van der Waals surface area contributed by atoms with Gasteiger partial charge in [0.05, 0.1) is 41.5 Å². The van der Waals surface area contributed by atoms with Gasteiger partial charge in [0.1, 0.15) is 37.3 Å². The van der Waals surface area contributed by atoms with E-state index in [4.69, 9.17) is 23.7 Å². The third-order valence-electron chi connectivity index (χ3n) is 13.6. The van der Waals surface area contributed by atoms with Gasteiger partial charge in [0, 0.05) is 24.3 Å². The fourth-order valence-corrected chi connectivity index (χ4v) is 11.0. The molecule has 0 aromatic rings. The second kappa shape index (κ2) is 12.1. The van der Waals surface area contributed by atoms with Gasteiger partial charge in [0.25, 0.3) is 0 Å². The van der Waals surface area contributed by atoms with E-state index in [-0.39, 0.29) is 49.8 Å². The summed E-state index contributed by atoms with van der Waals surface area (Å²) in [6.07, 6.45) is -1.89. The molecule has 6 N–H and O–H groups in total. The molecule has 7 aliphatic rings. The molecule has 0 spiro atoms. The number of rotatable bonds is 6. The highest BCUT2D eigenvalue weighted by atomic mass is 16.7. The van der Waals surface area contributed by atoms with E-state index < -0.39 is 77.3 Å². The number of aldehydes is 1. The number of hydrogen-bond acceptors (Lipinski definition) is 13. The van der Waals surface area contributed by atoms with Crippen LogP contribution in [0.1, 0.15) is 78.1 Å². The van der Waals surface area contributed by atoms with Crippen molar-refractivity contribution >= 4 is 12.3 Å². The zero-order valence-electron chi connectivity index (χ0n) is 27.1. The predicted octanol–water partition coefficient (Wildman–Crippen LogP) is 0.243. The van der Waals surface area contributed by atoms with Crippen LogP contribution < -0.4 is 0 Å². The maximum Gasteiger partial charge on any atom is 0.331 e. The average molecular weight is 667 g/mol. The summed E-state index contributed by atoms with van der Waals surface area (Å²) < 4.78 is 28.7. The van der Waals surface area contributed by atoms with Gasteiger partial charge in [0.2, 0.25) is 0 Å². The van der Waals surface area contributed by atoms with Gasteiger partial charge in [0.15, 0.2) is 12.6 Å². The molecule has 0 aromatic carbocycles. The minimum Gasteiger partial charge on any atom is -0.458 e. The van der Waals surface area contributed by atoms with Crippen LogP contribution in [0.15, 0.2) is 11.6 Å². The zero-order valence-corrected chi connectivity index (χ0v) is 27.1. The molecule has 0 amide bonds. The lowest BCUT2D eigenvalue weighted by Crippen LogP contribution is -2.69. The molecule has 264 valence electrons. The highest BCUT2D eigenvalue weighted by Gasteiger charge is 2.71. The van der Waals surface area contributed by atoms with Crippen molar-refractivity contribution in [2.24, 2.45) is 28.6 Å². The Morgan fingerprint density at radius 3 is 2.40 bits per heavy atom. The van der Waals surface area contributed by atoms with Crippen molar-refractivity contribution < 1.29 is 63.9 Å². The van der Waals surface area contributed by atoms with Crippen LogP contribution in [0, 0.1) is 28.6 Å². The molecular formula is C34H50O13. The molecule has 9 unspecified atom stereocenters. The molecule has 3 aliphatic heterocycles. The summed E-state index contributed by atoms with van der Waals surface area (Å²) in [6.45, 7) is 3.86. The number of aliphatic hydroxyl groups is 6. The van der Waals surface area contributed by atoms with Gasteiger partial charge in [-0.15, -0.1) is 0 Å². The van der Waals surface area contributed by atoms with Crippen LogP contribution in [0.3, 0.4) is 0 Å². The lowest BCUT2D eigenvalue weighted by molar-refractivity contribution is -0.331. The summed E-state index contributed by atoms with van der Waals surface area (Å²) in [6, 6.07) is 0. The lowest BCUT2D eigenvalue weighted by atomic mass is 9.41. The van der Waals surface area contributed by atoms with Crippen molar-refractivity contribution in [2.45, 2.75) is 145 Å². The fourth-order valence-electron chi connectivity index (χ4n) is 11.0. The number of fused-ring (bicyclic) bond motifs is 5. The number of ether oxygens (including phenoxy) is 5. The van der Waals surface area contributed by atoms with Gasteiger partial charge >= 0.3 is 5.97 Å². The van der Waals surface area contributed by atoms with Gasteiger partial charge in [-0.05, 0) is 81.6 Å². The summed E-state index contributed by atoms with van der Waals surface area (Å²) in [5.41, 5.74) is -2.86. The van der Waals surface area contributed by atoms with E-state index in [1.807, 2.05) is 0 Å². The molecule has 4 saturated carbocycles. The van der Waals surface area contributed by atoms with Gasteiger partial charge in [-0.1, -0.05) is 6.92 Å². The van der Waals surface area contributed by atoms with E-state index in [9.17, 15) is 40.2 Å². The topological polar surface area (TPSA) is 202 Å². The van der Waals surface area contributed by atoms with Gasteiger partial charge in [-0.2, -0.15) is 0 Å². The van der Waals surface area contributed by atoms with E-state index in [0.29, 0.717) is 44.9 Å². The van der Waals surface area contributed by atoms with Crippen LogP contribution in [-0.4, -0.2) is 123 Å². The first-order chi connectivity index (χ1) is 22.2. The molecule has 4 aliphatic carbocycles. The molecule has 0 bridgehead atoms. The molecule has 0 radical (unpaired) electrons. The van der Waals surface area contributed by atoms with Crippen molar-refractivity contribution in [3.05, 3.63) is 11.6 Å². The van der Waals surface area contributed by atoms with Crippen molar-refractivity contribution in [1.82, 2.24) is 0 Å². The molecule has 13 nitrogen and oxygen atoms in total. The molecule has 47 heavy (non-hydrogen) atoms. The summed E-state index contributed by atoms with van der Waals surface area (Å²) >= 11 is 0. The molecule has 6 fully saturated rings. The molecule has 16 atom stereocenters.